The molecule has 4 heteroatoms. The number of piperidine rings is 3. The summed E-state index contributed by atoms with van der Waals surface area (Å²) in [4.78, 5) is 14.5. The van der Waals surface area contributed by atoms with Gasteiger partial charge < -0.3 is 14.4 Å². The summed E-state index contributed by atoms with van der Waals surface area (Å²) in [6.45, 7) is 4.54. The molecule has 3 heterocycles. The van der Waals surface area contributed by atoms with Crippen molar-refractivity contribution in [2.75, 3.05) is 26.8 Å². The maximum absolute atomic E-state index is 12.3. The molecule has 0 aromatic heterocycles. The topological polar surface area (TPSA) is 38.8 Å². The number of rotatable bonds is 4. The first-order valence-corrected chi connectivity index (χ1v) is 7.54. The van der Waals surface area contributed by atoms with E-state index in [1.54, 1.807) is 7.11 Å². The number of ketones is 1. The Labute approximate surface area is 125 Å². The van der Waals surface area contributed by atoms with E-state index in [1.165, 1.54) is 0 Å². The molecule has 112 valence electrons. The lowest BCUT2D eigenvalue weighted by atomic mass is 9.84. The second-order valence-corrected chi connectivity index (χ2v) is 5.50. The molecule has 2 bridgehead atoms. The molecule has 21 heavy (non-hydrogen) atoms. The van der Waals surface area contributed by atoms with Crippen molar-refractivity contribution in [3.63, 3.8) is 0 Å². The van der Waals surface area contributed by atoms with Gasteiger partial charge in [0.05, 0.1) is 19.4 Å². The lowest BCUT2D eigenvalue weighted by Crippen LogP contribution is -2.45. The molecular formula is C17H21NO3. The van der Waals surface area contributed by atoms with Gasteiger partial charge in [0.1, 0.15) is 0 Å². The lowest BCUT2D eigenvalue weighted by molar-refractivity contribution is -0.125. The largest absolute Gasteiger partial charge is 0.493 e. The second-order valence-electron chi connectivity index (χ2n) is 5.50. The van der Waals surface area contributed by atoms with Crippen molar-refractivity contribution in [1.82, 2.24) is 4.90 Å². The van der Waals surface area contributed by atoms with Gasteiger partial charge >= 0.3 is 0 Å². The molecule has 0 unspecified atom stereocenters. The Morgan fingerprint density at radius 2 is 2.05 bits per heavy atom. The normalized spacial score (nSPS) is 20.2. The van der Waals surface area contributed by atoms with Crippen LogP contribution in [0, 0.1) is 5.92 Å². The SMILES string of the molecule is CCOc1ccc(/C=C2/C(=O)C3CCN2CC3)cc1OC. The van der Waals surface area contributed by atoms with Crippen molar-refractivity contribution in [3.8, 4) is 11.5 Å². The zero-order chi connectivity index (χ0) is 14.8. The highest BCUT2D eigenvalue weighted by Crippen LogP contribution is 2.34. The van der Waals surface area contributed by atoms with Crippen molar-refractivity contribution in [2.45, 2.75) is 19.8 Å². The molecule has 0 spiro atoms. The number of hydrogen-bond donors (Lipinski definition) is 0. The fourth-order valence-corrected chi connectivity index (χ4v) is 3.12. The van der Waals surface area contributed by atoms with E-state index in [-0.39, 0.29) is 5.92 Å². The summed E-state index contributed by atoms with van der Waals surface area (Å²) in [7, 11) is 1.63. The highest BCUT2D eigenvalue weighted by molar-refractivity contribution is 6.01. The molecule has 0 aliphatic carbocycles. The highest BCUT2D eigenvalue weighted by atomic mass is 16.5. The van der Waals surface area contributed by atoms with Crippen LogP contribution in [0.5, 0.6) is 11.5 Å². The minimum atomic E-state index is 0.228. The van der Waals surface area contributed by atoms with E-state index in [1.807, 2.05) is 31.2 Å². The Hall–Kier alpha value is -1.97. The molecule has 0 radical (unpaired) electrons. The van der Waals surface area contributed by atoms with E-state index in [2.05, 4.69) is 4.90 Å². The fraction of sp³-hybridized carbons (Fsp3) is 0.471. The standard InChI is InChI=1S/C17H21NO3/c1-3-21-15-5-4-12(11-16(15)20-2)10-14-17(19)13-6-8-18(14)9-7-13/h4-5,10-11,13H,3,6-9H2,1-2H3/b14-10-. The summed E-state index contributed by atoms with van der Waals surface area (Å²) in [6.07, 6.45) is 3.98. The first-order chi connectivity index (χ1) is 10.2. The molecule has 1 aromatic carbocycles. The number of carbonyl (C=O) groups excluding carboxylic acids is 1. The van der Waals surface area contributed by atoms with Gasteiger partial charge in [0, 0.05) is 19.0 Å². The molecule has 3 aliphatic heterocycles. The van der Waals surface area contributed by atoms with Crippen LogP contribution in [-0.4, -0.2) is 37.5 Å². The van der Waals surface area contributed by atoms with Crippen LogP contribution in [0.2, 0.25) is 0 Å². The van der Waals surface area contributed by atoms with Crippen LogP contribution < -0.4 is 9.47 Å². The van der Waals surface area contributed by atoms with Crippen molar-refractivity contribution in [3.05, 3.63) is 29.5 Å². The van der Waals surface area contributed by atoms with Crippen LogP contribution >= 0.6 is 0 Å². The quantitative estimate of drug-likeness (QED) is 0.798. The summed E-state index contributed by atoms with van der Waals surface area (Å²) in [5.41, 5.74) is 1.83. The third-order valence-electron chi connectivity index (χ3n) is 4.25. The zero-order valence-corrected chi connectivity index (χ0v) is 12.6. The van der Waals surface area contributed by atoms with Gasteiger partial charge in [-0.05, 0) is 43.5 Å². The summed E-state index contributed by atoms with van der Waals surface area (Å²) in [5, 5.41) is 0. The van der Waals surface area contributed by atoms with Crippen LogP contribution in [0.3, 0.4) is 0 Å². The minimum absolute atomic E-state index is 0.228. The van der Waals surface area contributed by atoms with Gasteiger partial charge in [-0.15, -0.1) is 0 Å². The number of ether oxygens (including phenoxy) is 2. The smallest absolute Gasteiger partial charge is 0.182 e. The molecule has 1 aromatic rings. The summed E-state index contributed by atoms with van der Waals surface area (Å²) >= 11 is 0. The van der Waals surface area contributed by atoms with E-state index in [4.69, 9.17) is 9.47 Å². The van der Waals surface area contributed by atoms with E-state index >= 15 is 0 Å². The van der Waals surface area contributed by atoms with Crippen molar-refractivity contribution in [2.24, 2.45) is 5.92 Å². The Kier molecular flexibility index (Phi) is 3.86. The number of carbonyl (C=O) groups is 1. The van der Waals surface area contributed by atoms with E-state index in [9.17, 15) is 4.79 Å². The number of nitrogens with zero attached hydrogens (tertiary/aromatic N) is 1. The number of Topliss-reactive ketones (excluding diaryl/α,β-unsaturated/α-hetero) is 1. The third kappa shape index (κ3) is 2.62. The first kappa shape index (κ1) is 14.0. The van der Waals surface area contributed by atoms with Crippen LogP contribution in [-0.2, 0) is 4.79 Å². The van der Waals surface area contributed by atoms with E-state index in [0.717, 1.165) is 42.9 Å². The molecule has 4 rings (SSSR count). The van der Waals surface area contributed by atoms with Gasteiger partial charge in [-0.2, -0.15) is 0 Å². The van der Waals surface area contributed by atoms with Crippen LogP contribution in [0.1, 0.15) is 25.3 Å². The van der Waals surface area contributed by atoms with Crippen LogP contribution in [0.4, 0.5) is 0 Å². The summed E-state index contributed by atoms with van der Waals surface area (Å²) in [6, 6.07) is 5.79. The van der Waals surface area contributed by atoms with Crippen molar-refractivity contribution in [1.29, 1.82) is 0 Å². The van der Waals surface area contributed by atoms with Crippen molar-refractivity contribution < 1.29 is 14.3 Å². The minimum Gasteiger partial charge on any atom is -0.493 e. The predicted octanol–water partition coefficient (Wildman–Crippen LogP) is 2.73. The number of allylic oxidation sites excluding steroid dienone is 1. The predicted molar refractivity (Wildman–Crippen MR) is 81.4 cm³/mol. The number of fused-ring (bicyclic) bond motifs is 3. The number of benzene rings is 1. The van der Waals surface area contributed by atoms with Gasteiger partial charge in [0.25, 0.3) is 0 Å². The van der Waals surface area contributed by atoms with Gasteiger partial charge in [-0.1, -0.05) is 6.07 Å². The Bertz CT molecular complexity index is 571. The van der Waals surface area contributed by atoms with Crippen LogP contribution in [0.25, 0.3) is 6.08 Å². The average Bonchev–Trinajstić information content (AvgIpc) is 2.53. The third-order valence-corrected chi connectivity index (χ3v) is 4.25. The lowest BCUT2D eigenvalue weighted by Gasteiger charge is -2.41. The van der Waals surface area contributed by atoms with Crippen LogP contribution in [0.15, 0.2) is 23.9 Å². The zero-order valence-electron chi connectivity index (χ0n) is 12.6. The molecule has 3 fully saturated rings. The molecule has 3 saturated heterocycles. The number of methoxy groups -OCH3 is 1. The molecule has 3 aliphatic rings. The highest BCUT2D eigenvalue weighted by Gasteiger charge is 2.36. The molecule has 0 saturated carbocycles. The Morgan fingerprint density at radius 1 is 1.29 bits per heavy atom. The van der Waals surface area contributed by atoms with Gasteiger partial charge in [-0.25, -0.2) is 0 Å². The maximum Gasteiger partial charge on any atom is 0.182 e. The molecule has 4 nitrogen and oxygen atoms in total. The average molecular weight is 287 g/mol. The fourth-order valence-electron chi connectivity index (χ4n) is 3.12. The van der Waals surface area contributed by atoms with Crippen molar-refractivity contribution >= 4 is 11.9 Å². The van der Waals surface area contributed by atoms with E-state index < -0.39 is 0 Å². The second kappa shape index (κ2) is 5.80. The first-order valence-electron chi connectivity index (χ1n) is 7.54. The molecule has 0 amide bonds. The molecule has 0 N–H and O–H groups in total. The van der Waals surface area contributed by atoms with Gasteiger partial charge in [0.2, 0.25) is 0 Å². The maximum atomic E-state index is 12.3. The van der Waals surface area contributed by atoms with Gasteiger partial charge in [-0.3, -0.25) is 4.79 Å². The number of hydrogen-bond acceptors (Lipinski definition) is 4. The van der Waals surface area contributed by atoms with E-state index in [0.29, 0.717) is 18.1 Å². The summed E-state index contributed by atoms with van der Waals surface area (Å²) < 4.78 is 10.9. The Morgan fingerprint density at radius 3 is 2.67 bits per heavy atom. The molecule has 0 atom stereocenters. The Balaban J connectivity index is 1.90. The summed E-state index contributed by atoms with van der Waals surface area (Å²) in [5.74, 6) is 1.96. The monoisotopic (exact) mass is 287 g/mol. The van der Waals surface area contributed by atoms with Gasteiger partial charge in [0.15, 0.2) is 17.3 Å². The molecular weight excluding hydrogens is 266 g/mol.